The topological polar surface area (TPSA) is 79.3 Å². The Labute approximate surface area is 128 Å². The third-order valence-electron chi connectivity index (χ3n) is 4.27. The summed E-state index contributed by atoms with van der Waals surface area (Å²) in [7, 11) is 0. The minimum atomic E-state index is -0.883. The lowest BCUT2D eigenvalue weighted by Gasteiger charge is -2.27. The average Bonchev–Trinajstić information content (AvgIpc) is 2.54. The molecule has 5 nitrogen and oxygen atoms in total. The molecule has 2 atom stereocenters. The van der Waals surface area contributed by atoms with E-state index in [9.17, 15) is 14.7 Å². The van der Waals surface area contributed by atoms with Gasteiger partial charge in [0.2, 0.25) is 5.91 Å². The van der Waals surface area contributed by atoms with Gasteiger partial charge in [-0.3, -0.25) is 9.59 Å². The number of para-hydroxylation sites is 1. The Morgan fingerprint density at radius 3 is 2.55 bits per heavy atom. The van der Waals surface area contributed by atoms with Gasteiger partial charge in [-0.15, -0.1) is 0 Å². The molecule has 1 aromatic heterocycles. The van der Waals surface area contributed by atoms with Gasteiger partial charge in [-0.1, -0.05) is 31.0 Å². The zero-order valence-corrected chi connectivity index (χ0v) is 12.2. The van der Waals surface area contributed by atoms with Crippen molar-refractivity contribution in [1.29, 1.82) is 0 Å². The Bertz CT molecular complexity index is 714. The van der Waals surface area contributed by atoms with Crippen LogP contribution in [0.4, 0.5) is 5.82 Å². The molecule has 114 valence electrons. The number of pyridine rings is 1. The Balaban J connectivity index is 1.78. The van der Waals surface area contributed by atoms with Gasteiger partial charge >= 0.3 is 5.97 Å². The molecule has 2 N–H and O–H groups in total. The lowest BCUT2D eigenvalue weighted by Crippen LogP contribution is -2.36. The maximum Gasteiger partial charge on any atom is 0.307 e. The molecule has 1 amide bonds. The van der Waals surface area contributed by atoms with E-state index in [1.165, 1.54) is 0 Å². The molecule has 1 heterocycles. The van der Waals surface area contributed by atoms with Crippen molar-refractivity contribution >= 4 is 28.6 Å². The second-order valence-corrected chi connectivity index (χ2v) is 5.71. The standard InChI is InChI=1S/C17H18N2O3/c20-16(12-6-2-3-7-13(12)17(21)22)19-15-10-9-11-5-1-4-8-14(11)18-15/h1,4-5,8-10,12-13H,2-3,6-7H2,(H,21,22)(H,18,19,20). The van der Waals surface area contributed by atoms with Crippen molar-refractivity contribution in [1.82, 2.24) is 4.98 Å². The van der Waals surface area contributed by atoms with Crippen molar-refractivity contribution in [2.24, 2.45) is 11.8 Å². The number of carboxylic acids is 1. The third kappa shape index (κ3) is 2.93. The summed E-state index contributed by atoms with van der Waals surface area (Å²) >= 11 is 0. The number of carbonyl (C=O) groups excluding carboxylic acids is 1. The Kier molecular flexibility index (Phi) is 4.04. The highest BCUT2D eigenvalue weighted by Crippen LogP contribution is 2.31. The van der Waals surface area contributed by atoms with Gasteiger partial charge in [0, 0.05) is 5.39 Å². The zero-order chi connectivity index (χ0) is 15.5. The fourth-order valence-electron chi connectivity index (χ4n) is 3.09. The molecule has 0 radical (unpaired) electrons. The lowest BCUT2D eigenvalue weighted by atomic mass is 9.79. The molecule has 1 aliphatic rings. The van der Waals surface area contributed by atoms with Crippen LogP contribution in [0.2, 0.25) is 0 Å². The lowest BCUT2D eigenvalue weighted by molar-refractivity contribution is -0.147. The number of carbonyl (C=O) groups is 2. The first kappa shape index (κ1) is 14.5. The van der Waals surface area contributed by atoms with Crippen molar-refractivity contribution in [2.75, 3.05) is 5.32 Å². The van der Waals surface area contributed by atoms with Crippen LogP contribution in [0.25, 0.3) is 10.9 Å². The number of benzene rings is 1. The van der Waals surface area contributed by atoms with Crippen LogP contribution in [0.1, 0.15) is 25.7 Å². The fraction of sp³-hybridized carbons (Fsp3) is 0.353. The number of aromatic nitrogens is 1. The quantitative estimate of drug-likeness (QED) is 0.912. The average molecular weight is 298 g/mol. The zero-order valence-electron chi connectivity index (χ0n) is 12.2. The van der Waals surface area contributed by atoms with Crippen LogP contribution in [-0.2, 0) is 9.59 Å². The summed E-state index contributed by atoms with van der Waals surface area (Å²) in [5.41, 5.74) is 0.804. The predicted molar refractivity (Wildman–Crippen MR) is 83.5 cm³/mol. The van der Waals surface area contributed by atoms with Crippen LogP contribution in [0.3, 0.4) is 0 Å². The van der Waals surface area contributed by atoms with Crippen LogP contribution in [0.15, 0.2) is 36.4 Å². The van der Waals surface area contributed by atoms with Gasteiger partial charge < -0.3 is 10.4 Å². The highest BCUT2D eigenvalue weighted by Gasteiger charge is 2.35. The van der Waals surface area contributed by atoms with E-state index >= 15 is 0 Å². The first-order chi connectivity index (χ1) is 10.6. The van der Waals surface area contributed by atoms with Crippen LogP contribution >= 0.6 is 0 Å². The van der Waals surface area contributed by atoms with Crippen LogP contribution < -0.4 is 5.32 Å². The Hall–Kier alpha value is -2.43. The SMILES string of the molecule is O=C(O)C1CCCCC1C(=O)Nc1ccc2ccccc2n1. The van der Waals surface area contributed by atoms with Gasteiger partial charge in [0.15, 0.2) is 0 Å². The van der Waals surface area contributed by atoms with Gasteiger partial charge in [-0.05, 0) is 31.0 Å². The number of nitrogens with one attached hydrogen (secondary N) is 1. The monoisotopic (exact) mass is 298 g/mol. The summed E-state index contributed by atoms with van der Waals surface area (Å²) in [6, 6.07) is 11.3. The molecule has 1 saturated carbocycles. The normalized spacial score (nSPS) is 21.5. The molecule has 0 bridgehead atoms. The summed E-state index contributed by atoms with van der Waals surface area (Å²) < 4.78 is 0. The molecule has 3 rings (SSSR count). The van der Waals surface area contributed by atoms with Crippen molar-refractivity contribution in [3.05, 3.63) is 36.4 Å². The summed E-state index contributed by atoms with van der Waals surface area (Å²) in [6.07, 6.45) is 2.96. The largest absolute Gasteiger partial charge is 0.481 e. The molecule has 5 heteroatoms. The summed E-state index contributed by atoms with van der Waals surface area (Å²) in [5.74, 6) is -1.71. The number of aliphatic carboxylic acids is 1. The van der Waals surface area contributed by atoms with Crippen molar-refractivity contribution in [2.45, 2.75) is 25.7 Å². The number of nitrogens with zero attached hydrogens (tertiary/aromatic N) is 1. The van der Waals surface area contributed by atoms with E-state index in [1.807, 2.05) is 30.3 Å². The van der Waals surface area contributed by atoms with E-state index < -0.39 is 17.8 Å². The van der Waals surface area contributed by atoms with Crippen molar-refractivity contribution < 1.29 is 14.7 Å². The highest BCUT2D eigenvalue weighted by atomic mass is 16.4. The highest BCUT2D eigenvalue weighted by molar-refractivity contribution is 5.95. The van der Waals surface area contributed by atoms with Gasteiger partial charge in [0.1, 0.15) is 5.82 Å². The van der Waals surface area contributed by atoms with Gasteiger partial charge in [0.25, 0.3) is 0 Å². The van der Waals surface area contributed by atoms with E-state index in [4.69, 9.17) is 0 Å². The molecule has 1 aromatic carbocycles. The smallest absolute Gasteiger partial charge is 0.307 e. The Morgan fingerprint density at radius 2 is 1.77 bits per heavy atom. The molecule has 0 saturated heterocycles. The molecule has 0 aliphatic heterocycles. The molecule has 0 spiro atoms. The fourth-order valence-corrected chi connectivity index (χ4v) is 3.09. The maximum atomic E-state index is 12.4. The second-order valence-electron chi connectivity index (χ2n) is 5.71. The van der Waals surface area contributed by atoms with Crippen LogP contribution in [0.5, 0.6) is 0 Å². The molecule has 1 fully saturated rings. The number of amides is 1. The summed E-state index contributed by atoms with van der Waals surface area (Å²) in [4.78, 5) is 28.1. The third-order valence-corrected chi connectivity index (χ3v) is 4.27. The number of hydrogen-bond acceptors (Lipinski definition) is 3. The van der Waals surface area contributed by atoms with E-state index in [-0.39, 0.29) is 5.91 Å². The molecular weight excluding hydrogens is 280 g/mol. The summed E-state index contributed by atoms with van der Waals surface area (Å²) in [5, 5.41) is 13.0. The van der Waals surface area contributed by atoms with Crippen molar-refractivity contribution in [3.63, 3.8) is 0 Å². The number of carboxylic acid groups (broad SMARTS) is 1. The van der Waals surface area contributed by atoms with Gasteiger partial charge in [-0.2, -0.15) is 0 Å². The van der Waals surface area contributed by atoms with Crippen LogP contribution in [-0.4, -0.2) is 22.0 Å². The van der Waals surface area contributed by atoms with E-state index in [1.54, 1.807) is 6.07 Å². The van der Waals surface area contributed by atoms with E-state index in [2.05, 4.69) is 10.3 Å². The second kappa shape index (κ2) is 6.13. The summed E-state index contributed by atoms with van der Waals surface area (Å²) in [6.45, 7) is 0. The first-order valence-electron chi connectivity index (χ1n) is 7.54. The molecule has 2 aromatic rings. The first-order valence-corrected chi connectivity index (χ1v) is 7.54. The van der Waals surface area contributed by atoms with E-state index in [0.717, 1.165) is 23.7 Å². The minimum Gasteiger partial charge on any atom is -0.481 e. The number of rotatable bonds is 3. The maximum absolute atomic E-state index is 12.4. The van der Waals surface area contributed by atoms with Gasteiger partial charge in [0.05, 0.1) is 17.4 Å². The van der Waals surface area contributed by atoms with Crippen LogP contribution in [0, 0.1) is 11.8 Å². The number of anilines is 1. The molecule has 2 unspecified atom stereocenters. The van der Waals surface area contributed by atoms with Crippen molar-refractivity contribution in [3.8, 4) is 0 Å². The number of fused-ring (bicyclic) bond motifs is 1. The van der Waals surface area contributed by atoms with E-state index in [0.29, 0.717) is 18.7 Å². The molecule has 22 heavy (non-hydrogen) atoms. The molecular formula is C17H18N2O3. The van der Waals surface area contributed by atoms with Gasteiger partial charge in [-0.25, -0.2) is 4.98 Å². The Morgan fingerprint density at radius 1 is 1.05 bits per heavy atom. The minimum absolute atomic E-state index is 0.241. The molecule has 1 aliphatic carbocycles. The number of hydrogen-bond donors (Lipinski definition) is 2. The predicted octanol–water partition coefficient (Wildman–Crippen LogP) is 3.06.